The monoisotopic (exact) mass is 442 g/mol. The number of halogens is 1. The molecule has 0 bridgehead atoms. The highest BCUT2D eigenvalue weighted by molar-refractivity contribution is 6.30. The van der Waals surface area contributed by atoms with Gasteiger partial charge in [0.2, 0.25) is 5.79 Å². The first-order valence-corrected chi connectivity index (χ1v) is 10.6. The van der Waals surface area contributed by atoms with Gasteiger partial charge in [0.05, 0.1) is 18.5 Å². The highest BCUT2D eigenvalue weighted by Gasteiger charge is 2.38. The van der Waals surface area contributed by atoms with Crippen LogP contribution in [-0.4, -0.2) is 19.2 Å². The van der Waals surface area contributed by atoms with Gasteiger partial charge in [-0.1, -0.05) is 35.4 Å². The second-order valence-corrected chi connectivity index (χ2v) is 7.36. The maximum atomic E-state index is 12.6. The van der Waals surface area contributed by atoms with Gasteiger partial charge in [0.15, 0.2) is 0 Å². The molecular formula is C24H27ClN2O4. The highest BCUT2D eigenvalue weighted by atomic mass is 35.5. The molecule has 2 aromatic carbocycles. The van der Waals surface area contributed by atoms with Gasteiger partial charge >= 0.3 is 6.03 Å². The van der Waals surface area contributed by atoms with Crippen LogP contribution in [-0.2, 0) is 21.8 Å². The number of aryl methyl sites for hydroxylation is 1. The molecule has 7 heteroatoms. The lowest BCUT2D eigenvalue weighted by molar-refractivity contribution is -0.212. The molecule has 0 spiro atoms. The zero-order chi connectivity index (χ0) is 22.3. The van der Waals surface area contributed by atoms with Crippen molar-refractivity contribution in [3.63, 3.8) is 0 Å². The van der Waals surface area contributed by atoms with Crippen LogP contribution < -0.4 is 10.6 Å². The van der Waals surface area contributed by atoms with E-state index in [1.165, 1.54) is 0 Å². The van der Waals surface area contributed by atoms with Gasteiger partial charge in [0.1, 0.15) is 5.76 Å². The summed E-state index contributed by atoms with van der Waals surface area (Å²) in [6.07, 6.45) is 1.57. The van der Waals surface area contributed by atoms with Crippen LogP contribution in [0, 0.1) is 6.92 Å². The van der Waals surface area contributed by atoms with E-state index in [4.69, 9.17) is 25.5 Å². The zero-order valence-corrected chi connectivity index (χ0v) is 18.7. The molecule has 31 heavy (non-hydrogen) atoms. The van der Waals surface area contributed by atoms with Crippen molar-refractivity contribution in [2.24, 2.45) is 0 Å². The first-order chi connectivity index (χ1) is 15.0. The molecule has 0 radical (unpaired) electrons. The minimum Gasteiger partial charge on any atom is -0.467 e. The normalized spacial score (nSPS) is 11.4. The molecule has 6 nitrogen and oxygen atoms in total. The number of anilines is 1. The van der Waals surface area contributed by atoms with Gasteiger partial charge in [-0.2, -0.15) is 0 Å². The lowest BCUT2D eigenvalue weighted by Gasteiger charge is -2.35. The van der Waals surface area contributed by atoms with E-state index in [1.807, 2.05) is 51.1 Å². The molecule has 3 rings (SSSR count). The topological polar surface area (TPSA) is 72.7 Å². The molecule has 0 aliphatic rings. The summed E-state index contributed by atoms with van der Waals surface area (Å²) in [6, 6.07) is 16.3. The number of carbonyl (C=O) groups is 1. The lowest BCUT2D eigenvalue weighted by atomic mass is 9.93. The molecule has 2 N–H and O–H groups in total. The minimum atomic E-state index is -1.20. The van der Waals surface area contributed by atoms with Gasteiger partial charge in [0.25, 0.3) is 0 Å². The van der Waals surface area contributed by atoms with Gasteiger partial charge in [-0.3, -0.25) is 0 Å². The third-order valence-corrected chi connectivity index (χ3v) is 4.95. The number of carbonyl (C=O) groups excluding carboxylic acids is 1. The van der Waals surface area contributed by atoms with Gasteiger partial charge in [-0.05, 0) is 57.2 Å². The molecule has 0 aliphatic heterocycles. The van der Waals surface area contributed by atoms with Crippen LogP contribution in [0.25, 0.3) is 0 Å². The summed E-state index contributed by atoms with van der Waals surface area (Å²) in [5.74, 6) is -0.539. The van der Waals surface area contributed by atoms with Crippen LogP contribution in [0.5, 0.6) is 0 Å². The Morgan fingerprint density at radius 2 is 1.77 bits per heavy atom. The van der Waals surface area contributed by atoms with Crippen molar-refractivity contribution in [1.29, 1.82) is 0 Å². The molecule has 3 aromatic rings. The van der Waals surface area contributed by atoms with Gasteiger partial charge in [-0.15, -0.1) is 0 Å². The van der Waals surface area contributed by atoms with E-state index in [9.17, 15) is 4.79 Å². The third kappa shape index (κ3) is 5.47. The van der Waals surface area contributed by atoms with Crippen molar-refractivity contribution in [2.45, 2.75) is 33.1 Å². The summed E-state index contributed by atoms with van der Waals surface area (Å²) >= 11 is 6.11. The fourth-order valence-corrected chi connectivity index (χ4v) is 3.51. The molecule has 0 aliphatic carbocycles. The van der Waals surface area contributed by atoms with Crippen molar-refractivity contribution in [1.82, 2.24) is 5.32 Å². The SMILES string of the molecule is CCOC(OCC)(c1ccc(Cl)cc1)c1cc(C)ccc1NC(=O)NCc1ccco1. The Morgan fingerprint density at radius 1 is 1.06 bits per heavy atom. The van der Waals surface area contributed by atoms with Crippen molar-refractivity contribution in [3.8, 4) is 0 Å². The molecule has 164 valence electrons. The van der Waals surface area contributed by atoms with Crippen LogP contribution in [0.4, 0.5) is 10.5 Å². The average molecular weight is 443 g/mol. The van der Waals surface area contributed by atoms with E-state index in [0.717, 1.165) is 11.1 Å². The Kier molecular flexibility index (Phi) is 7.74. The first kappa shape index (κ1) is 22.9. The minimum absolute atomic E-state index is 0.277. The molecule has 2 amide bonds. The fourth-order valence-electron chi connectivity index (χ4n) is 3.38. The number of hydrogen-bond acceptors (Lipinski definition) is 4. The molecular weight excluding hydrogens is 416 g/mol. The van der Waals surface area contributed by atoms with Crippen molar-refractivity contribution in [2.75, 3.05) is 18.5 Å². The molecule has 0 fully saturated rings. The Hall–Kier alpha value is -2.80. The van der Waals surface area contributed by atoms with Crippen molar-refractivity contribution >= 4 is 23.3 Å². The van der Waals surface area contributed by atoms with E-state index in [1.54, 1.807) is 30.5 Å². The fraction of sp³-hybridized carbons (Fsp3) is 0.292. The number of hydrogen-bond donors (Lipinski definition) is 2. The number of rotatable bonds is 9. The maximum absolute atomic E-state index is 12.6. The molecule has 1 heterocycles. The van der Waals surface area contributed by atoms with E-state index in [-0.39, 0.29) is 12.6 Å². The Morgan fingerprint density at radius 3 is 2.39 bits per heavy atom. The number of furan rings is 1. The van der Waals surface area contributed by atoms with Crippen LogP contribution in [0.15, 0.2) is 65.3 Å². The highest BCUT2D eigenvalue weighted by Crippen LogP contribution is 2.40. The first-order valence-electron chi connectivity index (χ1n) is 10.2. The average Bonchev–Trinajstić information content (AvgIpc) is 3.28. The molecule has 0 saturated heterocycles. The molecule has 0 atom stereocenters. The van der Waals surface area contributed by atoms with E-state index in [2.05, 4.69) is 10.6 Å². The van der Waals surface area contributed by atoms with E-state index >= 15 is 0 Å². The molecule has 0 unspecified atom stereocenters. The van der Waals surface area contributed by atoms with Crippen molar-refractivity contribution in [3.05, 3.63) is 88.3 Å². The summed E-state index contributed by atoms with van der Waals surface area (Å²) in [6.45, 7) is 6.88. The van der Waals surface area contributed by atoms with Crippen LogP contribution in [0.1, 0.15) is 36.3 Å². The maximum Gasteiger partial charge on any atom is 0.319 e. The van der Waals surface area contributed by atoms with Crippen molar-refractivity contribution < 1.29 is 18.7 Å². The summed E-state index contributed by atoms with van der Waals surface area (Å²) in [7, 11) is 0. The number of amides is 2. The molecule has 1 aromatic heterocycles. The van der Waals surface area contributed by atoms with Crippen LogP contribution in [0.3, 0.4) is 0 Å². The smallest absolute Gasteiger partial charge is 0.319 e. The Balaban J connectivity index is 1.99. The number of urea groups is 1. The van der Waals surface area contributed by atoms with Gasteiger partial charge < -0.3 is 24.5 Å². The molecule has 0 saturated carbocycles. The Bertz CT molecular complexity index is 981. The third-order valence-electron chi connectivity index (χ3n) is 4.70. The largest absolute Gasteiger partial charge is 0.467 e. The number of benzene rings is 2. The summed E-state index contributed by atoms with van der Waals surface area (Å²) in [5.41, 5.74) is 3.07. The zero-order valence-electron chi connectivity index (χ0n) is 17.9. The predicted molar refractivity (Wildman–Crippen MR) is 121 cm³/mol. The standard InChI is InChI=1S/C24H27ClN2O4/c1-4-30-24(31-5-2,18-9-11-19(25)12-10-18)21-15-17(3)8-13-22(21)27-23(28)26-16-20-7-6-14-29-20/h6-15H,4-5,16H2,1-3H3,(H2,26,27,28). The summed E-state index contributed by atoms with van der Waals surface area (Å²) in [5, 5.41) is 6.34. The summed E-state index contributed by atoms with van der Waals surface area (Å²) in [4.78, 5) is 12.6. The second kappa shape index (κ2) is 10.5. The lowest BCUT2D eigenvalue weighted by Crippen LogP contribution is -2.37. The van der Waals surface area contributed by atoms with E-state index < -0.39 is 5.79 Å². The summed E-state index contributed by atoms with van der Waals surface area (Å²) < 4.78 is 17.7. The van der Waals surface area contributed by atoms with Gasteiger partial charge in [-0.25, -0.2) is 4.79 Å². The number of nitrogens with one attached hydrogen (secondary N) is 2. The number of ether oxygens (including phenoxy) is 2. The van der Waals surface area contributed by atoms with Gasteiger partial charge in [0, 0.05) is 29.4 Å². The Labute approximate surface area is 187 Å². The second-order valence-electron chi connectivity index (χ2n) is 6.93. The van der Waals surface area contributed by atoms with Crippen LogP contribution in [0.2, 0.25) is 5.02 Å². The quantitative estimate of drug-likeness (QED) is 0.408. The van der Waals surface area contributed by atoms with Crippen LogP contribution >= 0.6 is 11.6 Å². The predicted octanol–water partition coefficient (Wildman–Crippen LogP) is 5.84. The van der Waals surface area contributed by atoms with E-state index in [0.29, 0.717) is 35.2 Å².